The number of carbonyl (C=O) groups is 1. The number of rotatable bonds is 33. The molecule has 12 nitrogen and oxygen atoms in total. The zero-order chi connectivity index (χ0) is 39.0. The summed E-state index contributed by atoms with van der Waals surface area (Å²) in [6, 6.07) is 0. The highest BCUT2D eigenvalue weighted by molar-refractivity contribution is 7.80. The first-order valence-corrected chi connectivity index (χ1v) is 21.3. The van der Waals surface area contributed by atoms with E-state index in [4.69, 9.17) is 23.5 Å². The van der Waals surface area contributed by atoms with Crippen molar-refractivity contribution in [1.82, 2.24) is 0 Å². The maximum atomic E-state index is 12.7. The van der Waals surface area contributed by atoms with Crippen molar-refractivity contribution in [2.24, 2.45) is 0 Å². The van der Waals surface area contributed by atoms with Gasteiger partial charge in [0.1, 0.15) is 30.5 Å². The molecule has 1 rings (SSSR count). The Morgan fingerprint density at radius 3 is 1.92 bits per heavy atom. The van der Waals surface area contributed by atoms with Crippen LogP contribution in [-0.2, 0) is 38.3 Å². The molecule has 1 aliphatic heterocycles. The minimum absolute atomic E-state index is 0.0219. The molecule has 1 aliphatic rings. The van der Waals surface area contributed by atoms with E-state index in [0.717, 1.165) is 96.3 Å². The van der Waals surface area contributed by atoms with Gasteiger partial charge in [-0.2, -0.15) is 8.42 Å². The molecule has 0 radical (unpaired) electrons. The third-order valence-electron chi connectivity index (χ3n) is 8.67. The lowest BCUT2D eigenvalue weighted by Gasteiger charge is -2.41. The number of aliphatic hydroxyl groups excluding tert-OH is 3. The normalized spacial score (nSPS) is 21.8. The van der Waals surface area contributed by atoms with E-state index in [-0.39, 0.29) is 19.6 Å². The number of aliphatic hydroxyl groups is 3. The number of allylic oxidation sites excluding steroid dienone is 8. The standard InChI is InChI=1S/C40H70O12S/c1-3-5-7-9-11-13-15-16-17-18-19-20-22-24-26-28-30-48-32-34(50-36(42)29-27-25-23-21-14-12-10-8-6-4-2)33-49-40-38(44)39(52-53(45,46)47)37(43)35(31-41)51-40/h5,7-8,10-11,13,16-17,34-35,37-41,43-44H,3-4,6,9,12,14-15,18-33H2,1-2H3,(H,45,46,47)/b7-5-,10-8-,13-11-,17-16-. The molecule has 6 atom stereocenters. The van der Waals surface area contributed by atoms with E-state index in [2.05, 4.69) is 66.6 Å². The van der Waals surface area contributed by atoms with E-state index >= 15 is 0 Å². The lowest BCUT2D eigenvalue weighted by Crippen LogP contribution is -2.60. The van der Waals surface area contributed by atoms with Crippen molar-refractivity contribution in [2.45, 2.75) is 173 Å². The number of ether oxygens (including phenoxy) is 4. The summed E-state index contributed by atoms with van der Waals surface area (Å²) in [5, 5.41) is 30.5. The summed E-state index contributed by atoms with van der Waals surface area (Å²) in [5.41, 5.74) is 0. The van der Waals surface area contributed by atoms with Gasteiger partial charge in [0.05, 0.1) is 19.8 Å². The van der Waals surface area contributed by atoms with Crippen LogP contribution in [0.2, 0.25) is 0 Å². The fraction of sp³-hybridized carbons (Fsp3) is 0.775. The van der Waals surface area contributed by atoms with Crippen LogP contribution in [0.1, 0.15) is 136 Å². The second-order valence-corrected chi connectivity index (χ2v) is 14.5. The van der Waals surface area contributed by atoms with Crippen LogP contribution in [0.4, 0.5) is 0 Å². The van der Waals surface area contributed by atoms with Crippen LogP contribution >= 0.6 is 0 Å². The maximum Gasteiger partial charge on any atom is 0.397 e. The van der Waals surface area contributed by atoms with Crippen LogP contribution < -0.4 is 0 Å². The summed E-state index contributed by atoms with van der Waals surface area (Å²) in [4.78, 5) is 12.7. The molecule has 0 aromatic carbocycles. The predicted molar refractivity (Wildman–Crippen MR) is 206 cm³/mol. The number of esters is 1. The van der Waals surface area contributed by atoms with Gasteiger partial charge >= 0.3 is 16.4 Å². The van der Waals surface area contributed by atoms with Gasteiger partial charge in [-0.1, -0.05) is 114 Å². The second kappa shape index (κ2) is 32.3. The Hall–Kier alpha value is -1.94. The van der Waals surface area contributed by atoms with Crippen molar-refractivity contribution >= 4 is 16.4 Å². The Morgan fingerprint density at radius 2 is 1.30 bits per heavy atom. The van der Waals surface area contributed by atoms with Crippen LogP contribution in [0.3, 0.4) is 0 Å². The highest BCUT2D eigenvalue weighted by Gasteiger charge is 2.48. The Kier molecular flexibility index (Phi) is 29.9. The molecule has 6 unspecified atom stereocenters. The molecule has 0 amide bonds. The summed E-state index contributed by atoms with van der Waals surface area (Å²) in [5.74, 6) is -0.419. The van der Waals surface area contributed by atoms with E-state index in [1.54, 1.807) is 0 Å². The van der Waals surface area contributed by atoms with E-state index in [0.29, 0.717) is 13.0 Å². The average Bonchev–Trinajstić information content (AvgIpc) is 3.12. The predicted octanol–water partition coefficient (Wildman–Crippen LogP) is 7.23. The van der Waals surface area contributed by atoms with Crippen LogP contribution in [0.25, 0.3) is 0 Å². The maximum absolute atomic E-state index is 12.7. The molecule has 0 saturated carbocycles. The highest BCUT2D eigenvalue weighted by Crippen LogP contribution is 2.26. The number of hydrogen-bond donors (Lipinski definition) is 4. The first-order valence-electron chi connectivity index (χ1n) is 19.9. The molecule has 0 bridgehead atoms. The molecular formula is C40H70O12S. The van der Waals surface area contributed by atoms with E-state index in [9.17, 15) is 28.5 Å². The molecule has 0 aliphatic carbocycles. The molecule has 0 aromatic heterocycles. The summed E-state index contributed by atoms with van der Waals surface area (Å²) < 4.78 is 58.8. The number of hydrogen-bond acceptors (Lipinski definition) is 11. The Morgan fingerprint density at radius 1 is 0.736 bits per heavy atom. The van der Waals surface area contributed by atoms with Crippen molar-refractivity contribution < 1.29 is 56.2 Å². The Bertz CT molecular complexity index is 1120. The highest BCUT2D eigenvalue weighted by atomic mass is 32.3. The van der Waals surface area contributed by atoms with Crippen LogP contribution in [0.15, 0.2) is 48.6 Å². The van der Waals surface area contributed by atoms with E-state index < -0.39 is 59.8 Å². The second-order valence-electron chi connectivity index (χ2n) is 13.5. The zero-order valence-electron chi connectivity index (χ0n) is 32.3. The first-order chi connectivity index (χ1) is 25.6. The van der Waals surface area contributed by atoms with E-state index in [1.807, 2.05) is 0 Å². The molecule has 1 fully saturated rings. The molecule has 0 aromatic rings. The van der Waals surface area contributed by atoms with Gasteiger partial charge in [0.25, 0.3) is 0 Å². The van der Waals surface area contributed by atoms with Crippen LogP contribution in [0.5, 0.6) is 0 Å². The SMILES string of the molecule is CC/C=C\C/C=C\C/C=C\CCCCCCCCOCC(COC1OC(CO)C(O)C(OS(=O)(=O)O)C1O)OC(=O)CCCCCCC/C=C\CCC. The lowest BCUT2D eigenvalue weighted by atomic mass is 9.99. The molecule has 308 valence electrons. The minimum Gasteiger partial charge on any atom is -0.457 e. The van der Waals surface area contributed by atoms with Gasteiger partial charge in [-0.3, -0.25) is 9.35 Å². The van der Waals surface area contributed by atoms with Gasteiger partial charge in [-0.25, -0.2) is 4.18 Å². The minimum atomic E-state index is -5.06. The fourth-order valence-electron chi connectivity index (χ4n) is 5.69. The first kappa shape index (κ1) is 49.1. The Labute approximate surface area is 319 Å². The monoisotopic (exact) mass is 774 g/mol. The van der Waals surface area contributed by atoms with Crippen LogP contribution in [-0.4, -0.2) is 97.5 Å². The number of carbonyl (C=O) groups excluding carboxylic acids is 1. The Balaban J connectivity index is 2.49. The largest absolute Gasteiger partial charge is 0.457 e. The quantitative estimate of drug-likeness (QED) is 0.0228. The third kappa shape index (κ3) is 26.5. The molecule has 4 N–H and O–H groups in total. The third-order valence-corrected chi connectivity index (χ3v) is 9.13. The van der Waals surface area contributed by atoms with Gasteiger partial charge < -0.3 is 34.3 Å². The van der Waals surface area contributed by atoms with Gasteiger partial charge in [0, 0.05) is 13.0 Å². The van der Waals surface area contributed by atoms with Gasteiger partial charge in [0.2, 0.25) is 0 Å². The number of unbranched alkanes of at least 4 members (excludes halogenated alkanes) is 12. The van der Waals surface area contributed by atoms with Gasteiger partial charge in [0.15, 0.2) is 6.29 Å². The summed E-state index contributed by atoms with van der Waals surface area (Å²) in [6.07, 6.45) is 27.3. The van der Waals surface area contributed by atoms with Crippen molar-refractivity contribution in [3.8, 4) is 0 Å². The molecule has 13 heteroatoms. The summed E-state index contributed by atoms with van der Waals surface area (Å²) >= 11 is 0. The molecular weight excluding hydrogens is 704 g/mol. The van der Waals surface area contributed by atoms with Crippen molar-refractivity contribution in [3.05, 3.63) is 48.6 Å². The van der Waals surface area contributed by atoms with Crippen molar-refractivity contribution in [1.29, 1.82) is 0 Å². The lowest BCUT2D eigenvalue weighted by molar-refractivity contribution is -0.301. The van der Waals surface area contributed by atoms with E-state index in [1.165, 1.54) is 12.8 Å². The molecule has 1 heterocycles. The summed E-state index contributed by atoms with van der Waals surface area (Å²) in [6.45, 7) is 3.74. The van der Waals surface area contributed by atoms with Crippen molar-refractivity contribution in [3.63, 3.8) is 0 Å². The smallest absolute Gasteiger partial charge is 0.397 e. The summed E-state index contributed by atoms with van der Waals surface area (Å²) in [7, 11) is -5.06. The zero-order valence-corrected chi connectivity index (χ0v) is 33.1. The topological polar surface area (TPSA) is 178 Å². The van der Waals surface area contributed by atoms with Gasteiger partial charge in [-0.05, 0) is 64.2 Å². The molecule has 53 heavy (non-hydrogen) atoms. The van der Waals surface area contributed by atoms with Crippen LogP contribution in [0, 0.1) is 0 Å². The van der Waals surface area contributed by atoms with Crippen molar-refractivity contribution in [2.75, 3.05) is 26.4 Å². The molecule has 1 saturated heterocycles. The van der Waals surface area contributed by atoms with Gasteiger partial charge in [-0.15, -0.1) is 0 Å². The average molecular weight is 775 g/mol. The molecule has 0 spiro atoms. The fourth-order valence-corrected chi connectivity index (χ4v) is 6.20.